The van der Waals surface area contributed by atoms with Crippen molar-refractivity contribution in [1.29, 1.82) is 0 Å². The van der Waals surface area contributed by atoms with Gasteiger partial charge in [0.15, 0.2) is 0 Å². The predicted molar refractivity (Wildman–Crippen MR) is 74.2 cm³/mol. The number of rotatable bonds is 3. The van der Waals surface area contributed by atoms with Crippen molar-refractivity contribution >= 4 is 29.1 Å². The second kappa shape index (κ2) is 5.34. The van der Waals surface area contributed by atoms with E-state index < -0.39 is 0 Å². The van der Waals surface area contributed by atoms with Crippen molar-refractivity contribution in [2.75, 3.05) is 12.0 Å². The van der Waals surface area contributed by atoms with Crippen LogP contribution in [0.5, 0.6) is 11.5 Å². The summed E-state index contributed by atoms with van der Waals surface area (Å²) in [5.41, 5.74) is 6.24. The number of ether oxygens (including phenoxy) is 1. The van der Waals surface area contributed by atoms with Gasteiger partial charge in [-0.25, -0.2) is 0 Å². The predicted octanol–water partition coefficient (Wildman–Crippen LogP) is 4.44. The van der Waals surface area contributed by atoms with Gasteiger partial charge in [0.05, 0.1) is 5.02 Å². The van der Waals surface area contributed by atoms with E-state index in [4.69, 9.17) is 22.1 Å². The summed E-state index contributed by atoms with van der Waals surface area (Å²) in [7, 11) is 0. The first kappa shape index (κ1) is 12.1. The van der Waals surface area contributed by atoms with E-state index in [0.717, 1.165) is 5.75 Å². The standard InChI is InChI=1S/C13H12ClNOS/c1-17-11-5-3-10(4-6-11)16-13-7-2-9(15)8-12(13)14/h2-8H,15H2,1H3. The van der Waals surface area contributed by atoms with Crippen molar-refractivity contribution in [1.82, 2.24) is 0 Å². The second-order valence-electron chi connectivity index (χ2n) is 3.47. The molecule has 0 heterocycles. The Morgan fingerprint density at radius 3 is 2.41 bits per heavy atom. The zero-order valence-electron chi connectivity index (χ0n) is 9.31. The van der Waals surface area contributed by atoms with Gasteiger partial charge < -0.3 is 10.5 Å². The number of anilines is 1. The Labute approximate surface area is 110 Å². The number of thioether (sulfide) groups is 1. The lowest BCUT2D eigenvalue weighted by Gasteiger charge is -2.08. The minimum atomic E-state index is 0.513. The molecule has 17 heavy (non-hydrogen) atoms. The third-order valence-electron chi connectivity index (χ3n) is 2.24. The van der Waals surface area contributed by atoms with Gasteiger partial charge in [0.1, 0.15) is 11.5 Å². The van der Waals surface area contributed by atoms with E-state index in [2.05, 4.69) is 0 Å². The van der Waals surface area contributed by atoms with Crippen LogP contribution in [0.15, 0.2) is 47.4 Å². The summed E-state index contributed by atoms with van der Waals surface area (Å²) < 4.78 is 5.67. The van der Waals surface area contributed by atoms with Crippen LogP contribution in [0.25, 0.3) is 0 Å². The van der Waals surface area contributed by atoms with Crippen molar-refractivity contribution in [3.63, 3.8) is 0 Å². The minimum Gasteiger partial charge on any atom is -0.456 e. The van der Waals surface area contributed by atoms with Gasteiger partial charge in [-0.3, -0.25) is 0 Å². The van der Waals surface area contributed by atoms with Crippen LogP contribution >= 0.6 is 23.4 Å². The van der Waals surface area contributed by atoms with Gasteiger partial charge in [0.25, 0.3) is 0 Å². The molecule has 0 saturated carbocycles. The molecule has 0 unspecified atom stereocenters. The number of benzene rings is 2. The molecule has 0 amide bonds. The van der Waals surface area contributed by atoms with Crippen LogP contribution in [-0.2, 0) is 0 Å². The molecule has 0 aliphatic heterocycles. The molecule has 0 spiro atoms. The van der Waals surface area contributed by atoms with E-state index in [9.17, 15) is 0 Å². The molecule has 0 fully saturated rings. The maximum Gasteiger partial charge on any atom is 0.146 e. The maximum atomic E-state index is 6.03. The molecule has 0 saturated heterocycles. The Morgan fingerprint density at radius 1 is 1.12 bits per heavy atom. The molecule has 2 rings (SSSR count). The van der Waals surface area contributed by atoms with Gasteiger partial charge in [-0.15, -0.1) is 11.8 Å². The van der Waals surface area contributed by atoms with Crippen LogP contribution in [0.2, 0.25) is 5.02 Å². The smallest absolute Gasteiger partial charge is 0.146 e. The van der Waals surface area contributed by atoms with Gasteiger partial charge in [-0.2, -0.15) is 0 Å². The highest BCUT2D eigenvalue weighted by atomic mass is 35.5. The lowest BCUT2D eigenvalue weighted by Crippen LogP contribution is -1.88. The highest BCUT2D eigenvalue weighted by Gasteiger charge is 2.03. The maximum absolute atomic E-state index is 6.03. The molecule has 2 nitrogen and oxygen atoms in total. The van der Waals surface area contributed by atoms with Crippen LogP contribution in [0.1, 0.15) is 0 Å². The van der Waals surface area contributed by atoms with Crippen molar-refractivity contribution in [3.8, 4) is 11.5 Å². The zero-order chi connectivity index (χ0) is 12.3. The van der Waals surface area contributed by atoms with Crippen LogP contribution in [0.3, 0.4) is 0 Å². The number of nitrogen functional groups attached to an aromatic ring is 1. The molecule has 0 aliphatic carbocycles. The monoisotopic (exact) mass is 265 g/mol. The highest BCUT2D eigenvalue weighted by molar-refractivity contribution is 7.98. The van der Waals surface area contributed by atoms with E-state index in [1.807, 2.05) is 30.5 Å². The fourth-order valence-electron chi connectivity index (χ4n) is 1.37. The van der Waals surface area contributed by atoms with E-state index >= 15 is 0 Å². The fourth-order valence-corrected chi connectivity index (χ4v) is 2.01. The molecule has 2 aromatic carbocycles. The normalized spacial score (nSPS) is 10.2. The summed E-state index contributed by atoms with van der Waals surface area (Å²) in [4.78, 5) is 1.20. The Morgan fingerprint density at radius 2 is 1.82 bits per heavy atom. The highest BCUT2D eigenvalue weighted by Crippen LogP contribution is 2.31. The van der Waals surface area contributed by atoms with Crippen molar-refractivity contribution < 1.29 is 4.74 Å². The van der Waals surface area contributed by atoms with Crippen LogP contribution in [0.4, 0.5) is 5.69 Å². The second-order valence-corrected chi connectivity index (χ2v) is 4.75. The molecule has 2 aromatic rings. The molecular formula is C13H12ClNOS. The molecule has 88 valence electrons. The van der Waals surface area contributed by atoms with Crippen LogP contribution < -0.4 is 10.5 Å². The van der Waals surface area contributed by atoms with Crippen molar-refractivity contribution in [2.24, 2.45) is 0 Å². The SMILES string of the molecule is CSc1ccc(Oc2ccc(N)cc2Cl)cc1. The third-order valence-corrected chi connectivity index (χ3v) is 3.28. The van der Waals surface area contributed by atoms with Crippen LogP contribution in [-0.4, -0.2) is 6.26 Å². The van der Waals surface area contributed by atoms with Gasteiger partial charge in [-0.05, 0) is 48.7 Å². The van der Waals surface area contributed by atoms with Gasteiger partial charge >= 0.3 is 0 Å². The average molecular weight is 266 g/mol. The third kappa shape index (κ3) is 3.08. The van der Waals surface area contributed by atoms with Crippen molar-refractivity contribution in [3.05, 3.63) is 47.5 Å². The van der Waals surface area contributed by atoms with E-state index in [0.29, 0.717) is 16.5 Å². The molecular weight excluding hydrogens is 254 g/mol. The molecule has 0 atom stereocenters. The van der Waals surface area contributed by atoms with Gasteiger partial charge in [-0.1, -0.05) is 11.6 Å². The molecule has 2 N–H and O–H groups in total. The topological polar surface area (TPSA) is 35.2 Å². The minimum absolute atomic E-state index is 0.513. The number of nitrogens with two attached hydrogens (primary N) is 1. The quantitative estimate of drug-likeness (QED) is 0.658. The lowest BCUT2D eigenvalue weighted by molar-refractivity contribution is 0.482. The van der Waals surface area contributed by atoms with Gasteiger partial charge in [0, 0.05) is 10.6 Å². The Hall–Kier alpha value is -1.32. The van der Waals surface area contributed by atoms with E-state index in [1.54, 1.807) is 30.0 Å². The first-order valence-electron chi connectivity index (χ1n) is 5.06. The van der Waals surface area contributed by atoms with E-state index in [-0.39, 0.29) is 0 Å². The molecule has 0 aliphatic rings. The molecule has 0 radical (unpaired) electrons. The summed E-state index contributed by atoms with van der Waals surface area (Å²) in [6.07, 6.45) is 2.03. The van der Waals surface area contributed by atoms with E-state index in [1.165, 1.54) is 4.90 Å². The summed E-state index contributed by atoms with van der Waals surface area (Å²) in [5.74, 6) is 1.37. The Kier molecular flexibility index (Phi) is 3.82. The Bertz CT molecular complexity index is 513. The number of halogens is 1. The molecule has 4 heteroatoms. The average Bonchev–Trinajstić information content (AvgIpc) is 2.34. The summed E-state index contributed by atoms with van der Waals surface area (Å²) >= 11 is 7.72. The first-order chi connectivity index (χ1) is 8.19. The number of hydrogen-bond acceptors (Lipinski definition) is 3. The zero-order valence-corrected chi connectivity index (χ0v) is 10.9. The summed E-state index contributed by atoms with van der Waals surface area (Å²) in [6, 6.07) is 13.0. The number of hydrogen-bond donors (Lipinski definition) is 1. The lowest BCUT2D eigenvalue weighted by atomic mass is 10.3. The summed E-state index contributed by atoms with van der Waals surface area (Å²) in [6.45, 7) is 0. The van der Waals surface area contributed by atoms with Crippen molar-refractivity contribution in [2.45, 2.75) is 4.90 Å². The fraction of sp³-hybridized carbons (Fsp3) is 0.0769. The largest absolute Gasteiger partial charge is 0.456 e. The first-order valence-corrected chi connectivity index (χ1v) is 6.66. The Balaban J connectivity index is 2.19. The summed E-state index contributed by atoms with van der Waals surface area (Å²) in [5, 5.41) is 0.513. The van der Waals surface area contributed by atoms with Crippen LogP contribution in [0, 0.1) is 0 Å². The molecule has 0 bridgehead atoms. The molecule has 0 aromatic heterocycles. The van der Waals surface area contributed by atoms with Gasteiger partial charge in [0.2, 0.25) is 0 Å².